The molecule has 0 saturated heterocycles. The standard InChI is InChI=1S/C18H19N3S/c1-13-4-5-14-11-15-12-21(8-6-16-3-2-10-22-16)9-7-17(15)20-18(14)19-13/h2-5,10-11H,6-9,12H2,1H3. The molecule has 0 spiro atoms. The molecular formula is C18H19N3S. The van der Waals surface area contributed by atoms with E-state index in [4.69, 9.17) is 4.98 Å². The minimum absolute atomic E-state index is 0.894. The van der Waals surface area contributed by atoms with Crippen LogP contribution in [0.3, 0.4) is 0 Å². The molecule has 0 bridgehead atoms. The Kier molecular flexibility index (Phi) is 3.64. The molecule has 112 valence electrons. The minimum Gasteiger partial charge on any atom is -0.298 e. The van der Waals surface area contributed by atoms with E-state index in [2.05, 4.69) is 45.6 Å². The molecule has 0 radical (unpaired) electrons. The van der Waals surface area contributed by atoms with Crippen LogP contribution in [0.5, 0.6) is 0 Å². The van der Waals surface area contributed by atoms with Crippen LogP contribution in [-0.4, -0.2) is 28.0 Å². The Bertz CT molecular complexity index is 795. The Morgan fingerprint density at radius 3 is 3.05 bits per heavy atom. The summed E-state index contributed by atoms with van der Waals surface area (Å²) in [4.78, 5) is 13.3. The zero-order valence-electron chi connectivity index (χ0n) is 12.7. The van der Waals surface area contributed by atoms with Crippen LogP contribution in [0.4, 0.5) is 0 Å². The van der Waals surface area contributed by atoms with E-state index in [0.717, 1.165) is 49.2 Å². The number of aromatic nitrogens is 2. The number of hydrogen-bond donors (Lipinski definition) is 0. The summed E-state index contributed by atoms with van der Waals surface area (Å²) in [5.41, 5.74) is 4.53. The molecule has 0 amide bonds. The van der Waals surface area contributed by atoms with E-state index in [-0.39, 0.29) is 0 Å². The molecular weight excluding hydrogens is 290 g/mol. The number of aryl methyl sites for hydroxylation is 1. The van der Waals surface area contributed by atoms with Crippen molar-refractivity contribution in [3.8, 4) is 0 Å². The number of nitrogens with zero attached hydrogens (tertiary/aromatic N) is 3. The fourth-order valence-electron chi connectivity index (χ4n) is 3.08. The second-order valence-electron chi connectivity index (χ2n) is 5.95. The lowest BCUT2D eigenvalue weighted by Crippen LogP contribution is -2.32. The molecule has 0 aromatic carbocycles. The number of thiophene rings is 1. The van der Waals surface area contributed by atoms with Gasteiger partial charge in [-0.3, -0.25) is 4.90 Å². The molecule has 3 aromatic heterocycles. The third-order valence-corrected chi connectivity index (χ3v) is 5.24. The number of rotatable bonds is 3. The highest BCUT2D eigenvalue weighted by atomic mass is 32.1. The van der Waals surface area contributed by atoms with Gasteiger partial charge in [0.1, 0.15) is 0 Å². The summed E-state index contributed by atoms with van der Waals surface area (Å²) in [5.74, 6) is 0. The van der Waals surface area contributed by atoms with Crippen molar-refractivity contribution in [2.24, 2.45) is 0 Å². The lowest BCUT2D eigenvalue weighted by atomic mass is 10.0. The summed E-state index contributed by atoms with van der Waals surface area (Å²) in [5, 5.41) is 3.32. The van der Waals surface area contributed by atoms with Crippen molar-refractivity contribution in [3.05, 3.63) is 57.5 Å². The first-order valence-electron chi connectivity index (χ1n) is 7.79. The predicted octanol–water partition coefficient (Wildman–Crippen LogP) is 3.60. The molecule has 4 heterocycles. The first kappa shape index (κ1) is 13.9. The van der Waals surface area contributed by atoms with Crippen molar-refractivity contribution in [1.29, 1.82) is 0 Å². The normalized spacial score (nSPS) is 15.1. The van der Waals surface area contributed by atoms with E-state index in [1.165, 1.54) is 16.1 Å². The summed E-state index contributed by atoms with van der Waals surface area (Å²) in [6.45, 7) is 5.26. The Morgan fingerprint density at radius 1 is 1.23 bits per heavy atom. The Morgan fingerprint density at radius 2 is 2.18 bits per heavy atom. The second-order valence-corrected chi connectivity index (χ2v) is 6.98. The van der Waals surface area contributed by atoms with Crippen LogP contribution in [0.15, 0.2) is 35.7 Å². The molecule has 3 aromatic rings. The zero-order chi connectivity index (χ0) is 14.9. The van der Waals surface area contributed by atoms with E-state index in [1.54, 1.807) is 0 Å². The molecule has 4 heteroatoms. The smallest absolute Gasteiger partial charge is 0.159 e. The van der Waals surface area contributed by atoms with Crippen LogP contribution >= 0.6 is 11.3 Å². The summed E-state index contributed by atoms with van der Waals surface area (Å²) in [7, 11) is 0. The summed E-state index contributed by atoms with van der Waals surface area (Å²) >= 11 is 1.85. The molecule has 0 aliphatic carbocycles. The molecule has 22 heavy (non-hydrogen) atoms. The SMILES string of the molecule is Cc1ccc2cc3c(nc2n1)CCN(CCc1cccs1)C3. The molecule has 3 nitrogen and oxygen atoms in total. The van der Waals surface area contributed by atoms with E-state index in [1.807, 2.05) is 18.3 Å². The molecule has 0 unspecified atom stereocenters. The Hall–Kier alpha value is -1.78. The molecule has 4 rings (SSSR count). The van der Waals surface area contributed by atoms with Crippen molar-refractivity contribution >= 4 is 22.4 Å². The van der Waals surface area contributed by atoms with E-state index < -0.39 is 0 Å². The van der Waals surface area contributed by atoms with Crippen LogP contribution in [0.2, 0.25) is 0 Å². The number of hydrogen-bond acceptors (Lipinski definition) is 4. The lowest BCUT2D eigenvalue weighted by Gasteiger charge is -2.28. The largest absolute Gasteiger partial charge is 0.298 e. The fraction of sp³-hybridized carbons (Fsp3) is 0.333. The maximum absolute atomic E-state index is 4.79. The van der Waals surface area contributed by atoms with Gasteiger partial charge in [-0.2, -0.15) is 0 Å². The lowest BCUT2D eigenvalue weighted by molar-refractivity contribution is 0.256. The topological polar surface area (TPSA) is 29.0 Å². The van der Waals surface area contributed by atoms with Gasteiger partial charge in [0.2, 0.25) is 0 Å². The van der Waals surface area contributed by atoms with Crippen LogP contribution in [0.1, 0.15) is 21.8 Å². The number of pyridine rings is 2. The molecule has 1 aliphatic rings. The highest BCUT2D eigenvalue weighted by molar-refractivity contribution is 7.09. The van der Waals surface area contributed by atoms with Gasteiger partial charge in [-0.15, -0.1) is 11.3 Å². The van der Waals surface area contributed by atoms with Crippen molar-refractivity contribution in [1.82, 2.24) is 14.9 Å². The zero-order valence-corrected chi connectivity index (χ0v) is 13.6. The molecule has 0 fully saturated rings. The molecule has 0 N–H and O–H groups in total. The first-order valence-corrected chi connectivity index (χ1v) is 8.67. The van der Waals surface area contributed by atoms with Crippen LogP contribution in [-0.2, 0) is 19.4 Å². The third-order valence-electron chi connectivity index (χ3n) is 4.30. The maximum Gasteiger partial charge on any atom is 0.159 e. The fourth-order valence-corrected chi connectivity index (χ4v) is 3.78. The maximum atomic E-state index is 4.79. The second kappa shape index (κ2) is 5.78. The van der Waals surface area contributed by atoms with Crippen molar-refractivity contribution in [3.63, 3.8) is 0 Å². The average Bonchev–Trinajstić information content (AvgIpc) is 3.04. The highest BCUT2D eigenvalue weighted by Crippen LogP contribution is 2.22. The number of fused-ring (bicyclic) bond motifs is 2. The van der Waals surface area contributed by atoms with Gasteiger partial charge in [-0.1, -0.05) is 6.07 Å². The van der Waals surface area contributed by atoms with Gasteiger partial charge in [0.05, 0.1) is 0 Å². The summed E-state index contributed by atoms with van der Waals surface area (Å²) < 4.78 is 0. The van der Waals surface area contributed by atoms with Gasteiger partial charge in [0.25, 0.3) is 0 Å². The molecule has 1 aliphatic heterocycles. The molecule has 0 atom stereocenters. The van der Waals surface area contributed by atoms with Gasteiger partial charge in [-0.05, 0) is 48.6 Å². The van der Waals surface area contributed by atoms with Crippen LogP contribution in [0.25, 0.3) is 11.0 Å². The third kappa shape index (κ3) is 2.76. The highest BCUT2D eigenvalue weighted by Gasteiger charge is 2.18. The predicted molar refractivity (Wildman–Crippen MR) is 91.3 cm³/mol. The van der Waals surface area contributed by atoms with Gasteiger partial charge >= 0.3 is 0 Å². The minimum atomic E-state index is 0.894. The first-order chi connectivity index (χ1) is 10.8. The van der Waals surface area contributed by atoms with E-state index in [0.29, 0.717) is 0 Å². The molecule has 0 saturated carbocycles. The van der Waals surface area contributed by atoms with Gasteiger partial charge in [-0.25, -0.2) is 9.97 Å². The van der Waals surface area contributed by atoms with Gasteiger partial charge in [0, 0.05) is 47.7 Å². The quantitative estimate of drug-likeness (QED) is 0.740. The van der Waals surface area contributed by atoms with Crippen molar-refractivity contribution in [2.75, 3.05) is 13.1 Å². The van der Waals surface area contributed by atoms with Gasteiger partial charge < -0.3 is 0 Å². The summed E-state index contributed by atoms with van der Waals surface area (Å²) in [6.07, 6.45) is 2.18. The Labute approximate surface area is 134 Å². The van der Waals surface area contributed by atoms with Crippen LogP contribution < -0.4 is 0 Å². The Balaban J connectivity index is 1.53. The average molecular weight is 309 g/mol. The van der Waals surface area contributed by atoms with Crippen molar-refractivity contribution in [2.45, 2.75) is 26.3 Å². The monoisotopic (exact) mass is 309 g/mol. The van der Waals surface area contributed by atoms with Crippen molar-refractivity contribution < 1.29 is 0 Å². The summed E-state index contributed by atoms with van der Waals surface area (Å²) in [6, 6.07) is 10.8. The van der Waals surface area contributed by atoms with Gasteiger partial charge in [0.15, 0.2) is 5.65 Å². The van der Waals surface area contributed by atoms with E-state index in [9.17, 15) is 0 Å². The van der Waals surface area contributed by atoms with Crippen LogP contribution in [0, 0.1) is 6.92 Å². The van der Waals surface area contributed by atoms with E-state index >= 15 is 0 Å².